The molecule has 0 saturated carbocycles. The van der Waals surface area contributed by atoms with Gasteiger partial charge in [0.05, 0.1) is 16.7 Å². The van der Waals surface area contributed by atoms with E-state index in [1.165, 1.54) is 26.2 Å². The first-order chi connectivity index (χ1) is 13.3. The monoisotopic (exact) mass is 380 g/mol. The maximum Gasteiger partial charge on any atom is 0.159 e. The fourth-order valence-electron chi connectivity index (χ4n) is 3.50. The third-order valence-corrected chi connectivity index (χ3v) is 4.72. The van der Waals surface area contributed by atoms with E-state index in [-0.39, 0.29) is 11.5 Å². The molecule has 0 bridgehead atoms. The highest BCUT2D eigenvalue weighted by atomic mass is 16.3. The van der Waals surface area contributed by atoms with Gasteiger partial charge >= 0.3 is 0 Å². The number of aromatic hydroxyl groups is 1. The summed E-state index contributed by atoms with van der Waals surface area (Å²) in [6, 6.07) is 12.4. The SMILES string of the molecule is CC(=O)c1ccc2c(c1)ncn2-c1cccc(O)c1.CCCC(C)CC(C)C. The van der Waals surface area contributed by atoms with Crippen LogP contribution in [0.2, 0.25) is 0 Å². The number of rotatable bonds is 6. The molecular weight excluding hydrogens is 348 g/mol. The molecule has 150 valence electrons. The lowest BCUT2D eigenvalue weighted by Crippen LogP contribution is -1.98. The zero-order chi connectivity index (χ0) is 20.7. The van der Waals surface area contributed by atoms with Crippen LogP contribution in [0.3, 0.4) is 0 Å². The Balaban J connectivity index is 0.000000266. The van der Waals surface area contributed by atoms with Crippen molar-refractivity contribution in [1.29, 1.82) is 0 Å². The van der Waals surface area contributed by atoms with Gasteiger partial charge in [-0.2, -0.15) is 0 Å². The van der Waals surface area contributed by atoms with Gasteiger partial charge in [-0.05, 0) is 55.5 Å². The van der Waals surface area contributed by atoms with E-state index in [9.17, 15) is 9.90 Å². The van der Waals surface area contributed by atoms with Gasteiger partial charge in [-0.25, -0.2) is 4.98 Å². The zero-order valence-corrected chi connectivity index (χ0v) is 17.6. The molecule has 2 aromatic carbocycles. The number of fused-ring (bicyclic) bond motifs is 1. The Morgan fingerprint density at radius 3 is 2.50 bits per heavy atom. The Morgan fingerprint density at radius 1 is 1.14 bits per heavy atom. The summed E-state index contributed by atoms with van der Waals surface area (Å²) in [7, 11) is 0. The molecule has 0 radical (unpaired) electrons. The van der Waals surface area contributed by atoms with Crippen molar-refractivity contribution in [3.8, 4) is 11.4 Å². The maximum absolute atomic E-state index is 11.3. The average molecular weight is 381 g/mol. The van der Waals surface area contributed by atoms with Crippen LogP contribution in [-0.2, 0) is 0 Å². The van der Waals surface area contributed by atoms with Crippen LogP contribution >= 0.6 is 0 Å². The molecule has 1 aromatic heterocycles. The number of imidazole rings is 1. The molecule has 0 spiro atoms. The second-order valence-corrected chi connectivity index (χ2v) is 7.92. The number of phenolic OH excluding ortho intramolecular Hbond substituents is 1. The van der Waals surface area contributed by atoms with Crippen LogP contribution in [0.1, 0.15) is 64.2 Å². The average Bonchev–Trinajstić information content (AvgIpc) is 3.05. The predicted molar refractivity (Wildman–Crippen MR) is 116 cm³/mol. The molecule has 0 aliphatic carbocycles. The molecule has 3 rings (SSSR count). The molecule has 0 fully saturated rings. The van der Waals surface area contributed by atoms with E-state index in [0.717, 1.165) is 28.6 Å². The highest BCUT2D eigenvalue weighted by molar-refractivity contribution is 5.97. The zero-order valence-electron chi connectivity index (χ0n) is 17.6. The number of hydrogen-bond acceptors (Lipinski definition) is 3. The van der Waals surface area contributed by atoms with Crippen LogP contribution in [0.4, 0.5) is 0 Å². The van der Waals surface area contributed by atoms with Crippen LogP contribution in [0.5, 0.6) is 5.75 Å². The first-order valence-electron chi connectivity index (χ1n) is 10.1. The van der Waals surface area contributed by atoms with Gasteiger partial charge in [-0.15, -0.1) is 0 Å². The topological polar surface area (TPSA) is 55.1 Å². The molecule has 28 heavy (non-hydrogen) atoms. The number of ketones is 1. The van der Waals surface area contributed by atoms with Crippen molar-refractivity contribution >= 4 is 16.8 Å². The summed E-state index contributed by atoms with van der Waals surface area (Å²) < 4.78 is 1.87. The van der Waals surface area contributed by atoms with E-state index in [4.69, 9.17) is 0 Å². The lowest BCUT2D eigenvalue weighted by Gasteiger charge is -2.11. The standard InChI is InChI=1S/C15H12N2O2.C9H20/c1-10(18)11-5-6-15-14(7-11)16-9-17(15)12-3-2-4-13(19)8-12;1-5-6-9(4)7-8(2)3/h2-9,19H,1H3;8-9H,5-7H2,1-4H3. The van der Waals surface area contributed by atoms with E-state index in [0.29, 0.717) is 5.56 Å². The Morgan fingerprint density at radius 2 is 1.89 bits per heavy atom. The number of carbonyl (C=O) groups excluding carboxylic acids is 1. The smallest absolute Gasteiger partial charge is 0.159 e. The normalized spacial score (nSPS) is 11.9. The van der Waals surface area contributed by atoms with Crippen LogP contribution in [-0.4, -0.2) is 20.4 Å². The summed E-state index contributed by atoms with van der Waals surface area (Å²) in [5, 5.41) is 9.52. The molecule has 1 unspecified atom stereocenters. The molecule has 0 amide bonds. The van der Waals surface area contributed by atoms with Crippen molar-refractivity contribution in [2.75, 3.05) is 0 Å². The summed E-state index contributed by atoms with van der Waals surface area (Å²) in [5.41, 5.74) is 3.14. The Kier molecular flexibility index (Phi) is 7.80. The summed E-state index contributed by atoms with van der Waals surface area (Å²) >= 11 is 0. The van der Waals surface area contributed by atoms with Crippen molar-refractivity contribution < 1.29 is 9.90 Å². The third-order valence-electron chi connectivity index (χ3n) is 4.72. The quantitative estimate of drug-likeness (QED) is 0.503. The maximum atomic E-state index is 11.3. The molecule has 3 aromatic rings. The van der Waals surface area contributed by atoms with Crippen molar-refractivity contribution in [2.24, 2.45) is 11.8 Å². The number of phenols is 1. The Hall–Kier alpha value is -2.62. The second-order valence-electron chi connectivity index (χ2n) is 7.92. The van der Waals surface area contributed by atoms with Gasteiger partial charge in [0.25, 0.3) is 0 Å². The summed E-state index contributed by atoms with van der Waals surface area (Å²) in [6.45, 7) is 10.7. The molecule has 0 aliphatic rings. The highest BCUT2D eigenvalue weighted by Crippen LogP contribution is 2.22. The van der Waals surface area contributed by atoms with E-state index in [2.05, 4.69) is 32.7 Å². The number of hydrogen-bond donors (Lipinski definition) is 1. The van der Waals surface area contributed by atoms with Crippen LogP contribution in [0.15, 0.2) is 48.8 Å². The number of nitrogens with zero attached hydrogens (tertiary/aromatic N) is 2. The van der Waals surface area contributed by atoms with Crippen LogP contribution in [0.25, 0.3) is 16.7 Å². The number of aromatic nitrogens is 2. The number of carbonyl (C=O) groups is 1. The molecule has 1 atom stereocenters. The second kappa shape index (κ2) is 10.1. The van der Waals surface area contributed by atoms with Gasteiger partial charge in [0.1, 0.15) is 12.1 Å². The van der Waals surface area contributed by atoms with Gasteiger partial charge in [-0.1, -0.05) is 46.6 Å². The number of Topliss-reactive ketones (excluding diaryl/α,β-unsaturated/α-hetero) is 1. The Labute approximate surface area is 168 Å². The van der Waals surface area contributed by atoms with Gasteiger partial charge in [0.15, 0.2) is 5.78 Å². The van der Waals surface area contributed by atoms with Gasteiger partial charge < -0.3 is 5.11 Å². The third kappa shape index (κ3) is 5.95. The summed E-state index contributed by atoms with van der Waals surface area (Å²) in [5.74, 6) is 2.05. The van der Waals surface area contributed by atoms with E-state index < -0.39 is 0 Å². The van der Waals surface area contributed by atoms with E-state index in [1.807, 2.05) is 16.7 Å². The van der Waals surface area contributed by atoms with Crippen LogP contribution in [0, 0.1) is 11.8 Å². The van der Waals surface area contributed by atoms with Gasteiger partial charge in [0.2, 0.25) is 0 Å². The molecule has 0 aliphatic heterocycles. The largest absolute Gasteiger partial charge is 0.508 e. The minimum atomic E-state index is 0.0220. The molecular formula is C24H32N2O2. The first kappa shape index (κ1) is 21.7. The fourth-order valence-corrected chi connectivity index (χ4v) is 3.50. The summed E-state index contributed by atoms with van der Waals surface area (Å²) in [4.78, 5) is 15.6. The van der Waals surface area contributed by atoms with Crippen molar-refractivity contribution in [2.45, 2.75) is 53.9 Å². The summed E-state index contributed by atoms with van der Waals surface area (Å²) in [6.07, 6.45) is 5.82. The Bertz CT molecular complexity index is 912. The molecule has 4 nitrogen and oxygen atoms in total. The number of benzene rings is 2. The van der Waals surface area contributed by atoms with E-state index in [1.54, 1.807) is 36.7 Å². The predicted octanol–water partition coefficient (Wildman–Crippen LogP) is 6.40. The molecule has 4 heteroatoms. The fraction of sp³-hybridized carbons (Fsp3) is 0.417. The van der Waals surface area contributed by atoms with Crippen molar-refractivity contribution in [3.63, 3.8) is 0 Å². The minimum Gasteiger partial charge on any atom is -0.508 e. The van der Waals surface area contributed by atoms with Gasteiger partial charge in [0, 0.05) is 11.6 Å². The molecule has 0 saturated heterocycles. The van der Waals surface area contributed by atoms with E-state index >= 15 is 0 Å². The van der Waals surface area contributed by atoms with Crippen molar-refractivity contribution in [1.82, 2.24) is 9.55 Å². The highest BCUT2D eigenvalue weighted by Gasteiger charge is 2.07. The molecule has 1 heterocycles. The minimum absolute atomic E-state index is 0.0220. The van der Waals surface area contributed by atoms with Gasteiger partial charge in [-0.3, -0.25) is 9.36 Å². The lowest BCUT2D eigenvalue weighted by atomic mass is 9.95. The first-order valence-corrected chi connectivity index (χ1v) is 10.1. The van der Waals surface area contributed by atoms with Crippen LogP contribution < -0.4 is 0 Å². The van der Waals surface area contributed by atoms with Crippen molar-refractivity contribution in [3.05, 3.63) is 54.4 Å². The molecule has 1 N–H and O–H groups in total. The lowest BCUT2D eigenvalue weighted by molar-refractivity contribution is 0.101.